The quantitative estimate of drug-likeness (QED) is 0.401. The zero-order valence-corrected chi connectivity index (χ0v) is 16.7. The maximum atomic E-state index is 12.6. The molecule has 0 unspecified atom stereocenters. The lowest BCUT2D eigenvalue weighted by Crippen LogP contribution is -1.99. The third-order valence-electron chi connectivity index (χ3n) is 3.74. The van der Waals surface area contributed by atoms with Gasteiger partial charge in [-0.2, -0.15) is 0 Å². The Morgan fingerprint density at radius 2 is 1.68 bits per heavy atom. The Balaban J connectivity index is 1.82. The zero-order valence-electron chi connectivity index (χ0n) is 14.2. The molecule has 0 aliphatic rings. The number of furan rings is 1. The van der Waals surface area contributed by atoms with Crippen LogP contribution in [0.3, 0.4) is 0 Å². The van der Waals surface area contributed by atoms with E-state index in [9.17, 15) is 4.57 Å². The molecule has 3 rings (SSSR count). The van der Waals surface area contributed by atoms with Crippen molar-refractivity contribution in [3.63, 3.8) is 0 Å². The largest absolute Gasteiger partial charge is 0.456 e. The summed E-state index contributed by atoms with van der Waals surface area (Å²) in [7, 11) is -3.09. The fourth-order valence-corrected chi connectivity index (χ4v) is 4.76. The second-order valence-corrected chi connectivity index (χ2v) is 8.56. The van der Waals surface area contributed by atoms with Crippen LogP contribution in [-0.2, 0) is 19.8 Å². The minimum absolute atomic E-state index is 0.266. The summed E-state index contributed by atoms with van der Waals surface area (Å²) >= 11 is 3.47. The van der Waals surface area contributed by atoms with Crippen LogP contribution in [0.2, 0.25) is 0 Å². The van der Waals surface area contributed by atoms with Crippen molar-refractivity contribution in [2.24, 2.45) is 0 Å². The second kappa shape index (κ2) is 7.88. The maximum absolute atomic E-state index is 12.6. The maximum Gasteiger partial charge on any atom is 0.335 e. The van der Waals surface area contributed by atoms with Crippen LogP contribution in [0.25, 0.3) is 22.3 Å². The van der Waals surface area contributed by atoms with E-state index in [2.05, 4.69) is 15.9 Å². The summed E-state index contributed by atoms with van der Waals surface area (Å²) in [6.45, 7) is 4.36. The summed E-state index contributed by atoms with van der Waals surface area (Å²) in [6.07, 6.45) is 0.266. The lowest BCUT2D eigenvalue weighted by Gasteiger charge is -2.17. The monoisotopic (exact) mass is 422 g/mol. The number of hydrogen-bond acceptors (Lipinski definition) is 4. The summed E-state index contributed by atoms with van der Waals surface area (Å²) in [5.74, 6) is 0.803. The second-order valence-electron chi connectivity index (χ2n) is 5.59. The van der Waals surface area contributed by atoms with E-state index in [0.29, 0.717) is 13.2 Å². The van der Waals surface area contributed by atoms with Gasteiger partial charge in [-0.15, -0.1) is 0 Å². The van der Waals surface area contributed by atoms with Crippen LogP contribution in [-0.4, -0.2) is 13.2 Å². The van der Waals surface area contributed by atoms with E-state index in [-0.39, 0.29) is 6.16 Å². The first-order chi connectivity index (χ1) is 12.0. The van der Waals surface area contributed by atoms with Gasteiger partial charge in [-0.3, -0.25) is 4.57 Å². The molecular weight excluding hydrogens is 403 g/mol. The molecule has 0 saturated heterocycles. The van der Waals surface area contributed by atoms with Gasteiger partial charge in [0.1, 0.15) is 11.3 Å². The molecule has 0 aliphatic heterocycles. The van der Waals surface area contributed by atoms with Crippen molar-refractivity contribution in [1.82, 2.24) is 0 Å². The van der Waals surface area contributed by atoms with E-state index < -0.39 is 7.60 Å². The van der Waals surface area contributed by atoms with Crippen LogP contribution in [0, 0.1) is 0 Å². The van der Waals surface area contributed by atoms with Gasteiger partial charge >= 0.3 is 7.60 Å². The van der Waals surface area contributed by atoms with Gasteiger partial charge in [0.25, 0.3) is 0 Å². The van der Waals surface area contributed by atoms with Crippen molar-refractivity contribution in [1.29, 1.82) is 0 Å². The van der Waals surface area contributed by atoms with Crippen LogP contribution < -0.4 is 0 Å². The lowest BCUT2D eigenvalue weighted by molar-refractivity contribution is 0.219. The lowest BCUT2D eigenvalue weighted by atomic mass is 10.1. The average molecular weight is 423 g/mol. The Hall–Kier alpha value is -1.39. The molecule has 1 heterocycles. The molecule has 0 amide bonds. The van der Waals surface area contributed by atoms with Crippen molar-refractivity contribution in [3.05, 3.63) is 58.6 Å². The number of rotatable bonds is 7. The highest BCUT2D eigenvalue weighted by molar-refractivity contribution is 9.10. The van der Waals surface area contributed by atoms with Gasteiger partial charge in [-0.05, 0) is 43.7 Å². The Morgan fingerprint density at radius 3 is 2.32 bits per heavy atom. The predicted octanol–water partition coefficient (Wildman–Crippen LogP) is 6.63. The molecule has 1 aromatic heterocycles. The number of hydrogen-bond donors (Lipinski definition) is 0. The van der Waals surface area contributed by atoms with E-state index in [0.717, 1.165) is 32.3 Å². The van der Waals surface area contributed by atoms with Gasteiger partial charge in [0.05, 0.1) is 19.4 Å². The summed E-state index contributed by atoms with van der Waals surface area (Å²) in [6, 6.07) is 15.7. The highest BCUT2D eigenvalue weighted by Gasteiger charge is 2.24. The molecule has 0 spiro atoms. The zero-order chi connectivity index (χ0) is 17.9. The molecule has 3 aromatic rings. The third-order valence-corrected chi connectivity index (χ3v) is 6.29. The molecule has 0 radical (unpaired) electrons. The van der Waals surface area contributed by atoms with Gasteiger partial charge in [-0.1, -0.05) is 40.2 Å². The molecule has 25 heavy (non-hydrogen) atoms. The van der Waals surface area contributed by atoms with Crippen molar-refractivity contribution in [2.45, 2.75) is 20.0 Å². The molecule has 2 aromatic carbocycles. The topological polar surface area (TPSA) is 48.7 Å². The molecule has 4 nitrogen and oxygen atoms in total. The smallest absolute Gasteiger partial charge is 0.335 e. The Morgan fingerprint density at radius 1 is 1.00 bits per heavy atom. The van der Waals surface area contributed by atoms with Crippen LogP contribution in [0.15, 0.2) is 57.4 Å². The molecule has 0 fully saturated rings. The van der Waals surface area contributed by atoms with Gasteiger partial charge in [0.2, 0.25) is 0 Å². The van der Waals surface area contributed by atoms with Crippen LogP contribution in [0.4, 0.5) is 0 Å². The fourth-order valence-electron chi connectivity index (χ4n) is 2.68. The van der Waals surface area contributed by atoms with Crippen molar-refractivity contribution in [2.75, 3.05) is 13.2 Å². The molecule has 0 atom stereocenters. The summed E-state index contributed by atoms with van der Waals surface area (Å²) in [5.41, 5.74) is 2.73. The molecule has 0 bridgehead atoms. The van der Waals surface area contributed by atoms with Gasteiger partial charge in [0, 0.05) is 15.4 Å². The standard InChI is InChI=1S/C19H20BrO4P/c1-3-22-25(21,23-4-2)13-14-5-7-15(8-6-14)19-12-16-11-17(20)9-10-18(16)24-19/h5-12H,3-4,13H2,1-2H3. The van der Waals surface area contributed by atoms with Crippen molar-refractivity contribution >= 4 is 34.5 Å². The summed E-state index contributed by atoms with van der Waals surface area (Å²) in [5, 5.41) is 1.05. The highest BCUT2D eigenvalue weighted by atomic mass is 79.9. The minimum Gasteiger partial charge on any atom is -0.456 e. The first-order valence-corrected chi connectivity index (χ1v) is 10.7. The molecule has 6 heteroatoms. The first kappa shape index (κ1) is 18.4. The SMILES string of the molecule is CCOP(=O)(Cc1ccc(-c2cc3cc(Br)ccc3o2)cc1)OCC. The molecule has 132 valence electrons. The molecular formula is C19H20BrO4P. The van der Waals surface area contributed by atoms with Gasteiger partial charge in [0.15, 0.2) is 0 Å². The summed E-state index contributed by atoms with van der Waals surface area (Å²) in [4.78, 5) is 0. The average Bonchev–Trinajstić information content (AvgIpc) is 2.99. The van der Waals surface area contributed by atoms with Gasteiger partial charge in [-0.25, -0.2) is 0 Å². The Labute approximate surface area is 155 Å². The summed E-state index contributed by atoms with van der Waals surface area (Å²) < 4.78 is 30.2. The normalized spacial score (nSPS) is 12.0. The van der Waals surface area contributed by atoms with E-state index in [1.54, 1.807) is 0 Å². The number of halogens is 1. The predicted molar refractivity (Wildman–Crippen MR) is 104 cm³/mol. The minimum atomic E-state index is -3.09. The van der Waals surface area contributed by atoms with E-state index in [4.69, 9.17) is 13.5 Å². The fraction of sp³-hybridized carbons (Fsp3) is 0.263. The van der Waals surface area contributed by atoms with Gasteiger partial charge < -0.3 is 13.5 Å². The third kappa shape index (κ3) is 4.42. The molecule has 0 aliphatic carbocycles. The highest BCUT2D eigenvalue weighted by Crippen LogP contribution is 2.51. The van der Waals surface area contributed by atoms with E-state index in [1.807, 2.05) is 62.4 Å². The van der Waals surface area contributed by atoms with Crippen molar-refractivity contribution in [3.8, 4) is 11.3 Å². The Kier molecular flexibility index (Phi) is 5.80. The first-order valence-electron chi connectivity index (χ1n) is 8.19. The molecule has 0 N–H and O–H groups in total. The van der Waals surface area contributed by atoms with Crippen molar-refractivity contribution < 1.29 is 18.0 Å². The number of fused-ring (bicyclic) bond motifs is 1. The van der Waals surface area contributed by atoms with Crippen LogP contribution in [0.5, 0.6) is 0 Å². The van der Waals surface area contributed by atoms with E-state index in [1.165, 1.54) is 0 Å². The van der Waals surface area contributed by atoms with E-state index >= 15 is 0 Å². The molecule has 0 saturated carbocycles. The van der Waals surface area contributed by atoms with Crippen LogP contribution in [0.1, 0.15) is 19.4 Å². The Bertz CT molecular complexity index is 891. The van der Waals surface area contributed by atoms with Crippen LogP contribution >= 0.6 is 23.5 Å². The number of benzene rings is 2.